The van der Waals surface area contributed by atoms with E-state index in [2.05, 4.69) is 30.3 Å². The number of halogens is 1. The predicted octanol–water partition coefficient (Wildman–Crippen LogP) is 5.65. The van der Waals surface area contributed by atoms with E-state index in [0.29, 0.717) is 0 Å². The van der Waals surface area contributed by atoms with Crippen LogP contribution in [0.4, 0.5) is 0 Å². The molecule has 0 saturated heterocycles. The van der Waals surface area contributed by atoms with Crippen molar-refractivity contribution in [3.8, 4) is 22.5 Å². The molecule has 0 aliphatic heterocycles. The van der Waals surface area contributed by atoms with E-state index in [4.69, 9.17) is 16.0 Å². The van der Waals surface area contributed by atoms with Crippen LogP contribution in [0.25, 0.3) is 22.5 Å². The molecule has 1 aliphatic rings. The van der Waals surface area contributed by atoms with E-state index >= 15 is 0 Å². The number of benzene rings is 2. The topological polar surface area (TPSA) is 11.3 Å². The quantitative estimate of drug-likeness (QED) is 0.528. The summed E-state index contributed by atoms with van der Waals surface area (Å²) in [7, 11) is 0. The van der Waals surface area contributed by atoms with Crippen molar-refractivity contribution in [3.05, 3.63) is 77.0 Å². The summed E-state index contributed by atoms with van der Waals surface area (Å²) in [5.74, 6) is 1.96. The van der Waals surface area contributed by atoms with Crippen molar-refractivity contribution in [2.75, 3.05) is 0 Å². The van der Waals surface area contributed by atoms with Crippen molar-refractivity contribution in [2.45, 2.75) is 12.8 Å². The van der Waals surface area contributed by atoms with Crippen molar-refractivity contribution < 1.29 is 4.42 Å². The third-order valence-electron chi connectivity index (χ3n) is 3.99. The van der Waals surface area contributed by atoms with Gasteiger partial charge in [-0.2, -0.15) is 0 Å². The summed E-state index contributed by atoms with van der Waals surface area (Å²) >= 11 is 5.94. The molecule has 2 heteroatoms. The number of rotatable bonds is 1. The molecular weight excluding hydrogens is 280 g/mol. The normalized spacial score (nSPS) is 12.6. The largest absolute Gasteiger partial charge is 0.360 e. The number of hydrogen-bond acceptors (Lipinski definition) is 0. The molecule has 0 spiro atoms. The standard InChI is InChI=1S/C19H14ClO/c20-15-8-5-14(6-9-15)18-12-10-17-16-4-2-1-3-13(16)7-11-19(17)21-18/h1-6,8-10,12H,7,11H2/q+1. The molecule has 0 unspecified atom stereocenters. The first-order valence-corrected chi connectivity index (χ1v) is 7.49. The number of fused-ring (bicyclic) bond motifs is 3. The fraction of sp³-hybridized carbons (Fsp3) is 0.105. The lowest BCUT2D eigenvalue weighted by atomic mass is 9.89. The highest BCUT2D eigenvalue weighted by molar-refractivity contribution is 6.30. The van der Waals surface area contributed by atoms with Gasteiger partial charge < -0.3 is 0 Å². The Balaban J connectivity index is 1.81. The SMILES string of the molecule is Clc1ccc(-c2ccc3c([o+]2)CCc2ccccc2-3)cc1. The van der Waals surface area contributed by atoms with Gasteiger partial charge in [0.2, 0.25) is 0 Å². The van der Waals surface area contributed by atoms with Crippen LogP contribution in [-0.2, 0) is 12.8 Å². The molecule has 2 aromatic carbocycles. The predicted molar refractivity (Wildman–Crippen MR) is 86.4 cm³/mol. The third kappa shape index (κ3) is 2.24. The first kappa shape index (κ1) is 12.6. The Morgan fingerprint density at radius 2 is 1.57 bits per heavy atom. The van der Waals surface area contributed by atoms with Gasteiger partial charge in [0.05, 0.1) is 17.5 Å². The number of aryl methyl sites for hydroxylation is 2. The molecule has 0 fully saturated rings. The second-order valence-corrected chi connectivity index (χ2v) is 5.74. The van der Waals surface area contributed by atoms with Crippen LogP contribution in [0, 0.1) is 0 Å². The zero-order valence-corrected chi connectivity index (χ0v) is 12.2. The number of hydrogen-bond donors (Lipinski definition) is 0. The zero-order valence-electron chi connectivity index (χ0n) is 11.5. The van der Waals surface area contributed by atoms with Gasteiger partial charge in [-0.25, -0.2) is 4.42 Å². The molecule has 0 radical (unpaired) electrons. The Bertz CT molecular complexity index is 806. The van der Waals surface area contributed by atoms with E-state index in [1.807, 2.05) is 30.3 Å². The maximum absolute atomic E-state index is 6.14. The summed E-state index contributed by atoms with van der Waals surface area (Å²) < 4.78 is 6.14. The molecular formula is C19H14ClO+. The molecule has 4 rings (SSSR count). The average molecular weight is 294 g/mol. The molecule has 3 aromatic rings. The van der Waals surface area contributed by atoms with E-state index in [0.717, 1.165) is 34.9 Å². The van der Waals surface area contributed by atoms with Crippen LogP contribution in [-0.4, -0.2) is 0 Å². The Morgan fingerprint density at radius 1 is 0.762 bits per heavy atom. The van der Waals surface area contributed by atoms with Gasteiger partial charge in [-0.1, -0.05) is 35.9 Å². The van der Waals surface area contributed by atoms with Crippen LogP contribution in [0.1, 0.15) is 11.3 Å². The Kier molecular flexibility index (Phi) is 3.01. The van der Waals surface area contributed by atoms with Crippen molar-refractivity contribution in [1.82, 2.24) is 0 Å². The fourth-order valence-electron chi connectivity index (χ4n) is 2.92. The highest BCUT2D eigenvalue weighted by Gasteiger charge is 2.26. The molecule has 102 valence electrons. The Morgan fingerprint density at radius 3 is 2.43 bits per heavy atom. The fourth-order valence-corrected chi connectivity index (χ4v) is 3.04. The summed E-state index contributed by atoms with van der Waals surface area (Å²) in [5, 5.41) is 0.741. The Labute approximate surface area is 128 Å². The summed E-state index contributed by atoms with van der Waals surface area (Å²) in [5.41, 5.74) is 4.97. The minimum absolute atomic E-state index is 0.741. The molecule has 0 bridgehead atoms. The first-order chi connectivity index (χ1) is 10.3. The van der Waals surface area contributed by atoms with Gasteiger partial charge in [-0.15, -0.1) is 0 Å². The maximum Gasteiger partial charge on any atom is 0.360 e. The van der Waals surface area contributed by atoms with Gasteiger partial charge in [-0.3, -0.25) is 0 Å². The molecule has 1 aliphatic carbocycles. The van der Waals surface area contributed by atoms with E-state index < -0.39 is 0 Å². The van der Waals surface area contributed by atoms with Crippen molar-refractivity contribution in [3.63, 3.8) is 0 Å². The lowest BCUT2D eigenvalue weighted by molar-refractivity contribution is 0.504. The molecule has 1 nitrogen and oxygen atoms in total. The maximum atomic E-state index is 6.14. The van der Waals surface area contributed by atoms with Gasteiger partial charge >= 0.3 is 11.5 Å². The first-order valence-electron chi connectivity index (χ1n) is 7.11. The van der Waals surface area contributed by atoms with Crippen molar-refractivity contribution in [1.29, 1.82) is 0 Å². The second-order valence-electron chi connectivity index (χ2n) is 5.30. The van der Waals surface area contributed by atoms with Crippen molar-refractivity contribution >= 4 is 11.6 Å². The molecule has 0 saturated carbocycles. The van der Waals surface area contributed by atoms with Gasteiger partial charge in [0.25, 0.3) is 0 Å². The van der Waals surface area contributed by atoms with E-state index in [1.165, 1.54) is 16.7 Å². The minimum Gasteiger partial charge on any atom is -0.212 e. The summed E-state index contributed by atoms with van der Waals surface area (Å²) in [6.45, 7) is 0. The third-order valence-corrected chi connectivity index (χ3v) is 4.24. The van der Waals surface area contributed by atoms with Gasteiger partial charge in [0.15, 0.2) is 0 Å². The molecule has 0 N–H and O–H groups in total. The second kappa shape index (κ2) is 5.01. The Hall–Kier alpha value is -2.12. The monoisotopic (exact) mass is 293 g/mol. The molecule has 21 heavy (non-hydrogen) atoms. The summed E-state index contributed by atoms with van der Waals surface area (Å²) in [4.78, 5) is 0. The average Bonchev–Trinajstić information content (AvgIpc) is 2.55. The summed E-state index contributed by atoms with van der Waals surface area (Å²) in [6, 6.07) is 20.5. The molecule has 0 atom stereocenters. The smallest absolute Gasteiger partial charge is 0.212 e. The van der Waals surface area contributed by atoms with E-state index in [1.54, 1.807) is 0 Å². The van der Waals surface area contributed by atoms with Gasteiger partial charge in [0, 0.05) is 11.1 Å². The van der Waals surface area contributed by atoms with E-state index in [-0.39, 0.29) is 0 Å². The molecule has 1 heterocycles. The lowest BCUT2D eigenvalue weighted by Crippen LogP contribution is -2.03. The highest BCUT2D eigenvalue weighted by Crippen LogP contribution is 2.35. The van der Waals surface area contributed by atoms with Crippen LogP contribution in [0.2, 0.25) is 5.02 Å². The minimum atomic E-state index is 0.741. The molecule has 0 amide bonds. The lowest BCUT2D eigenvalue weighted by Gasteiger charge is -2.13. The molecule has 1 aromatic heterocycles. The van der Waals surface area contributed by atoms with Crippen LogP contribution in [0.15, 0.2) is 65.1 Å². The van der Waals surface area contributed by atoms with Crippen LogP contribution >= 0.6 is 11.6 Å². The van der Waals surface area contributed by atoms with Crippen molar-refractivity contribution in [2.24, 2.45) is 0 Å². The van der Waals surface area contributed by atoms with Crippen LogP contribution < -0.4 is 0 Å². The van der Waals surface area contributed by atoms with E-state index in [9.17, 15) is 0 Å². The van der Waals surface area contributed by atoms with Gasteiger partial charge in [0.1, 0.15) is 0 Å². The van der Waals surface area contributed by atoms with Crippen LogP contribution in [0.5, 0.6) is 0 Å². The summed E-state index contributed by atoms with van der Waals surface area (Å²) in [6.07, 6.45) is 1.99. The highest BCUT2D eigenvalue weighted by atomic mass is 35.5. The zero-order chi connectivity index (χ0) is 14.2. The van der Waals surface area contributed by atoms with Crippen LogP contribution in [0.3, 0.4) is 0 Å². The van der Waals surface area contributed by atoms with Gasteiger partial charge in [-0.05, 0) is 47.9 Å².